The summed E-state index contributed by atoms with van der Waals surface area (Å²) in [6, 6.07) is 4.93. The van der Waals surface area contributed by atoms with Crippen LogP contribution in [0.15, 0.2) is 35.3 Å². The summed E-state index contributed by atoms with van der Waals surface area (Å²) in [5.74, 6) is 0. The fourth-order valence-electron chi connectivity index (χ4n) is 3.74. The number of aliphatic imine (C=N–C) groups is 1. The zero-order valence-corrected chi connectivity index (χ0v) is 16.8. The smallest absolute Gasteiger partial charge is 0.288 e. The van der Waals surface area contributed by atoms with E-state index >= 15 is 0 Å². The van der Waals surface area contributed by atoms with Crippen LogP contribution in [0.2, 0.25) is 0 Å². The molecule has 3 rings (SSSR count). The summed E-state index contributed by atoms with van der Waals surface area (Å²) in [5.41, 5.74) is -6.24. The molecule has 2 heterocycles. The second-order valence-electron chi connectivity index (χ2n) is 7.64. The zero-order valence-electron chi connectivity index (χ0n) is 16.8. The van der Waals surface area contributed by atoms with Crippen molar-refractivity contribution in [3.05, 3.63) is 64.0 Å². The van der Waals surface area contributed by atoms with E-state index in [2.05, 4.69) is 9.98 Å². The lowest BCUT2D eigenvalue weighted by Crippen LogP contribution is -2.44. The second-order valence-corrected chi connectivity index (χ2v) is 7.64. The molecule has 0 spiro atoms. The summed E-state index contributed by atoms with van der Waals surface area (Å²) >= 11 is 0. The summed E-state index contributed by atoms with van der Waals surface area (Å²) < 4.78 is 122. The average Bonchev–Trinajstić information content (AvgIpc) is 3.13. The minimum Gasteiger partial charge on any atom is -0.288 e. The van der Waals surface area contributed by atoms with Gasteiger partial charge in [-0.15, -0.1) is 0 Å². The van der Waals surface area contributed by atoms with Gasteiger partial charge in [0.15, 0.2) is 0 Å². The summed E-state index contributed by atoms with van der Waals surface area (Å²) in [6.45, 7) is 2.62. The first-order chi connectivity index (χ1) is 14.6. The molecule has 2 nitrogen and oxygen atoms in total. The fraction of sp³-hybridized carbons (Fsp3) is 0.429. The first kappa shape index (κ1) is 24.1. The Morgan fingerprint density at radius 2 is 1.44 bits per heavy atom. The number of nitrogens with zero attached hydrogens (tertiary/aromatic N) is 2. The third-order valence-electron chi connectivity index (χ3n) is 5.57. The van der Waals surface area contributed by atoms with Crippen molar-refractivity contribution in [2.75, 3.05) is 6.54 Å². The van der Waals surface area contributed by atoms with Crippen molar-refractivity contribution in [2.24, 2.45) is 4.99 Å². The van der Waals surface area contributed by atoms with Crippen LogP contribution in [0.3, 0.4) is 0 Å². The van der Waals surface area contributed by atoms with Crippen LogP contribution < -0.4 is 0 Å². The molecule has 0 aliphatic carbocycles. The SMILES string of the molecule is CCc1ccc(C2=NCC(c3cc(C(F)(F)F)nc(C(F)(F)F)c3)(C(F)(F)F)C2)cc1C. The van der Waals surface area contributed by atoms with Crippen molar-refractivity contribution in [1.29, 1.82) is 0 Å². The van der Waals surface area contributed by atoms with E-state index in [4.69, 9.17) is 0 Å². The maximum atomic E-state index is 14.2. The van der Waals surface area contributed by atoms with Crippen LogP contribution in [0.4, 0.5) is 39.5 Å². The van der Waals surface area contributed by atoms with Gasteiger partial charge in [-0.1, -0.05) is 19.1 Å². The van der Waals surface area contributed by atoms with E-state index in [0.717, 1.165) is 11.1 Å². The molecule has 1 aromatic heterocycles. The minimum absolute atomic E-state index is 0.0343. The van der Waals surface area contributed by atoms with E-state index in [1.807, 2.05) is 6.92 Å². The summed E-state index contributed by atoms with van der Waals surface area (Å²) in [6.07, 6.45) is -16.1. The number of hydrogen-bond acceptors (Lipinski definition) is 2. The number of rotatable bonds is 3. The summed E-state index contributed by atoms with van der Waals surface area (Å²) in [4.78, 5) is 6.41. The molecule has 1 aromatic carbocycles. The molecule has 0 amide bonds. The highest BCUT2D eigenvalue weighted by molar-refractivity contribution is 6.03. The maximum absolute atomic E-state index is 14.2. The number of alkyl halides is 9. The number of aryl methyl sites for hydroxylation is 2. The van der Waals surface area contributed by atoms with Crippen molar-refractivity contribution < 1.29 is 39.5 Å². The molecule has 0 saturated carbocycles. The number of benzene rings is 1. The van der Waals surface area contributed by atoms with Crippen molar-refractivity contribution in [2.45, 2.75) is 50.6 Å². The van der Waals surface area contributed by atoms with Gasteiger partial charge in [-0.3, -0.25) is 4.99 Å². The molecule has 0 saturated heterocycles. The van der Waals surface area contributed by atoms with E-state index < -0.39 is 53.9 Å². The number of aromatic nitrogens is 1. The lowest BCUT2D eigenvalue weighted by molar-refractivity contribution is -0.185. The van der Waals surface area contributed by atoms with Crippen LogP contribution in [-0.2, 0) is 24.2 Å². The second kappa shape index (κ2) is 7.77. The van der Waals surface area contributed by atoms with E-state index in [-0.39, 0.29) is 17.8 Å². The lowest BCUT2D eigenvalue weighted by Gasteiger charge is -2.32. The van der Waals surface area contributed by atoms with Gasteiger partial charge in [-0.25, -0.2) is 4.98 Å². The Kier molecular flexibility index (Phi) is 5.84. The van der Waals surface area contributed by atoms with Crippen LogP contribution in [0.1, 0.15) is 47.0 Å². The fourth-order valence-corrected chi connectivity index (χ4v) is 3.74. The third-order valence-corrected chi connectivity index (χ3v) is 5.57. The van der Waals surface area contributed by atoms with E-state index in [1.165, 1.54) is 0 Å². The highest BCUT2D eigenvalue weighted by atomic mass is 19.4. The van der Waals surface area contributed by atoms with Gasteiger partial charge in [0.05, 0.1) is 6.54 Å². The zero-order chi connectivity index (χ0) is 24.1. The van der Waals surface area contributed by atoms with Crippen LogP contribution in [0.25, 0.3) is 0 Å². The minimum atomic E-state index is -5.36. The monoisotopic (exact) mass is 468 g/mol. The van der Waals surface area contributed by atoms with Gasteiger partial charge in [-0.2, -0.15) is 39.5 Å². The molecule has 1 aliphatic heterocycles. The third kappa shape index (κ3) is 4.33. The molecule has 2 aromatic rings. The highest BCUT2D eigenvalue weighted by Gasteiger charge is 2.59. The Bertz CT molecular complexity index is 1020. The van der Waals surface area contributed by atoms with Crippen molar-refractivity contribution in [3.63, 3.8) is 0 Å². The number of hydrogen-bond donors (Lipinski definition) is 0. The van der Waals surface area contributed by atoms with Gasteiger partial charge < -0.3 is 0 Å². The lowest BCUT2D eigenvalue weighted by atomic mass is 9.76. The Balaban J connectivity index is 2.14. The first-order valence-corrected chi connectivity index (χ1v) is 9.45. The molecule has 0 bridgehead atoms. The van der Waals surface area contributed by atoms with E-state index in [1.54, 1.807) is 25.1 Å². The van der Waals surface area contributed by atoms with Crippen molar-refractivity contribution in [3.8, 4) is 0 Å². The van der Waals surface area contributed by atoms with Crippen molar-refractivity contribution in [1.82, 2.24) is 4.98 Å². The van der Waals surface area contributed by atoms with E-state index in [0.29, 0.717) is 12.0 Å². The molecule has 174 valence electrons. The topological polar surface area (TPSA) is 25.2 Å². The number of halogens is 9. The summed E-state index contributed by atoms with van der Waals surface area (Å²) in [5, 5.41) is 0. The molecule has 11 heteroatoms. The predicted molar refractivity (Wildman–Crippen MR) is 98.6 cm³/mol. The van der Waals surface area contributed by atoms with Gasteiger partial charge in [0.1, 0.15) is 16.8 Å². The Morgan fingerprint density at radius 1 is 0.875 bits per heavy atom. The quantitative estimate of drug-likeness (QED) is 0.461. The highest BCUT2D eigenvalue weighted by Crippen LogP contribution is 2.49. The molecule has 0 N–H and O–H groups in total. The molecule has 1 atom stereocenters. The molecular formula is C21H17F9N2. The molecule has 0 fully saturated rings. The van der Waals surface area contributed by atoms with Crippen LogP contribution in [-0.4, -0.2) is 23.4 Å². The summed E-state index contributed by atoms with van der Waals surface area (Å²) in [7, 11) is 0. The molecule has 1 aliphatic rings. The first-order valence-electron chi connectivity index (χ1n) is 9.45. The van der Waals surface area contributed by atoms with Gasteiger partial charge in [0.25, 0.3) is 0 Å². The predicted octanol–water partition coefficient (Wildman–Crippen LogP) is 6.68. The van der Waals surface area contributed by atoms with Crippen LogP contribution >= 0.6 is 0 Å². The molecule has 1 unspecified atom stereocenters. The van der Waals surface area contributed by atoms with Gasteiger partial charge >= 0.3 is 18.5 Å². The standard InChI is InChI=1S/C21H17F9N2/c1-3-12-4-5-13(6-11(12)2)15-9-18(10-31-15,21(28,29)30)14-7-16(19(22,23)24)32-17(8-14)20(25,26)27/h4-8H,3,9-10H2,1-2H3. The largest absolute Gasteiger partial charge is 0.433 e. The van der Waals surface area contributed by atoms with E-state index in [9.17, 15) is 39.5 Å². The Morgan fingerprint density at radius 3 is 1.88 bits per heavy atom. The van der Waals surface area contributed by atoms with Crippen molar-refractivity contribution >= 4 is 5.71 Å². The van der Waals surface area contributed by atoms with Gasteiger partial charge in [0.2, 0.25) is 0 Å². The Labute approximate surface area is 177 Å². The average molecular weight is 468 g/mol. The molecule has 0 radical (unpaired) electrons. The maximum Gasteiger partial charge on any atom is 0.433 e. The molecular weight excluding hydrogens is 451 g/mol. The normalized spacial score (nSPS) is 19.9. The molecule has 32 heavy (non-hydrogen) atoms. The van der Waals surface area contributed by atoms with Gasteiger partial charge in [0, 0.05) is 12.1 Å². The van der Waals surface area contributed by atoms with Crippen LogP contribution in [0, 0.1) is 6.92 Å². The Hall–Kier alpha value is -2.59. The van der Waals surface area contributed by atoms with Gasteiger partial charge in [-0.05, 0) is 53.8 Å². The van der Waals surface area contributed by atoms with Crippen LogP contribution in [0.5, 0.6) is 0 Å². The number of pyridine rings is 1.